The van der Waals surface area contributed by atoms with Crippen LogP contribution >= 0.6 is 11.6 Å². The average molecular weight is 531 g/mol. The number of alkyl halides is 1. The summed E-state index contributed by atoms with van der Waals surface area (Å²) < 4.78 is 5.10. The number of esters is 1. The van der Waals surface area contributed by atoms with Crippen LogP contribution in [0.2, 0.25) is 0 Å². The molecule has 0 saturated carbocycles. The highest BCUT2D eigenvalue weighted by atomic mass is 35.5. The van der Waals surface area contributed by atoms with E-state index in [0.717, 1.165) is 17.9 Å². The molecule has 0 unspecified atom stereocenters. The third-order valence-electron chi connectivity index (χ3n) is 5.19. The molecule has 2 N–H and O–H groups in total. The number of carboxylic acids is 1. The van der Waals surface area contributed by atoms with Crippen LogP contribution in [0.15, 0.2) is 42.5 Å². The smallest absolute Gasteiger partial charge is 0.304 e. The monoisotopic (exact) mass is 530 g/mol. The lowest BCUT2D eigenvalue weighted by Crippen LogP contribution is -2.48. The van der Waals surface area contributed by atoms with Gasteiger partial charge < -0.3 is 20.1 Å². The van der Waals surface area contributed by atoms with Crippen LogP contribution in [0.3, 0.4) is 0 Å². The van der Waals surface area contributed by atoms with Crippen molar-refractivity contribution in [2.75, 3.05) is 22.6 Å². The molecule has 2 rings (SSSR count). The van der Waals surface area contributed by atoms with E-state index in [-0.39, 0.29) is 29.5 Å². The van der Waals surface area contributed by atoms with E-state index in [2.05, 4.69) is 5.32 Å². The van der Waals surface area contributed by atoms with Crippen molar-refractivity contribution in [2.24, 2.45) is 5.92 Å². The lowest BCUT2D eigenvalue weighted by Gasteiger charge is -2.30. The van der Waals surface area contributed by atoms with Crippen LogP contribution in [0.5, 0.6) is 0 Å². The van der Waals surface area contributed by atoms with Crippen molar-refractivity contribution in [1.82, 2.24) is 0 Å². The summed E-state index contributed by atoms with van der Waals surface area (Å²) in [7, 11) is 0. The normalized spacial score (nSPS) is 11.9. The molecule has 194 valence electrons. The molecule has 0 fully saturated rings. The Balaban J connectivity index is 2.51. The van der Waals surface area contributed by atoms with Crippen molar-refractivity contribution in [2.45, 2.75) is 26.4 Å². The number of nitriles is 1. The van der Waals surface area contributed by atoms with Crippen molar-refractivity contribution < 1.29 is 33.9 Å². The Labute approximate surface area is 216 Å². The Morgan fingerprint density at radius 1 is 1.22 bits per heavy atom. The van der Waals surface area contributed by atoms with Crippen molar-refractivity contribution >= 4 is 52.4 Å². The first-order valence-corrected chi connectivity index (χ1v) is 11.3. The second-order valence-electron chi connectivity index (χ2n) is 7.82. The van der Waals surface area contributed by atoms with E-state index >= 15 is 0 Å². The molecule has 0 spiro atoms. The lowest BCUT2D eigenvalue weighted by molar-refractivity contribution is -0.385. The Bertz CT molecular complexity index is 1240. The van der Waals surface area contributed by atoms with E-state index in [1.165, 1.54) is 43.3 Å². The minimum absolute atomic E-state index is 0.0485. The molecule has 37 heavy (non-hydrogen) atoms. The molecule has 0 aliphatic carbocycles. The molecule has 2 aromatic carbocycles. The van der Waals surface area contributed by atoms with Gasteiger partial charge in [0.05, 0.1) is 34.6 Å². The number of aliphatic carboxylic acids is 1. The summed E-state index contributed by atoms with van der Waals surface area (Å²) in [6, 6.07) is 11.5. The maximum absolute atomic E-state index is 13.6. The molecule has 2 aromatic rings. The van der Waals surface area contributed by atoms with Gasteiger partial charge in [-0.1, -0.05) is 6.07 Å². The lowest BCUT2D eigenvalue weighted by atomic mass is 9.95. The average Bonchev–Trinajstić information content (AvgIpc) is 2.84. The second kappa shape index (κ2) is 13.0. The van der Waals surface area contributed by atoms with Crippen molar-refractivity contribution in [3.05, 3.63) is 63.7 Å². The fraction of sp³-hybridized carbons (Fsp3) is 0.292. The molecular weight excluding hydrogens is 508 g/mol. The first kappa shape index (κ1) is 28.7. The molecule has 0 aromatic heterocycles. The van der Waals surface area contributed by atoms with Gasteiger partial charge in [-0.15, -0.1) is 11.6 Å². The van der Waals surface area contributed by atoms with Crippen LogP contribution in [0, 0.1) is 34.3 Å². The molecule has 2 amide bonds. The summed E-state index contributed by atoms with van der Waals surface area (Å²) >= 11 is 5.86. The molecule has 2 atom stereocenters. The number of nitrogens with zero attached hydrogens (tertiary/aromatic N) is 3. The third kappa shape index (κ3) is 7.74. The Morgan fingerprint density at radius 2 is 1.86 bits per heavy atom. The van der Waals surface area contributed by atoms with Crippen molar-refractivity contribution in [3.8, 4) is 6.07 Å². The van der Waals surface area contributed by atoms with E-state index in [1.807, 2.05) is 6.07 Å². The molecule has 0 heterocycles. The maximum atomic E-state index is 13.6. The van der Waals surface area contributed by atoms with Crippen molar-refractivity contribution in [3.63, 3.8) is 0 Å². The molecule has 0 saturated heterocycles. The van der Waals surface area contributed by atoms with Crippen molar-refractivity contribution in [1.29, 1.82) is 5.26 Å². The number of carbonyl (C=O) groups excluding carboxylic acids is 3. The summed E-state index contributed by atoms with van der Waals surface area (Å²) in [5, 5.41) is 32.3. The minimum atomic E-state index is -1.87. The van der Waals surface area contributed by atoms with Gasteiger partial charge in [0.2, 0.25) is 5.91 Å². The topological polar surface area (TPSA) is 180 Å². The van der Waals surface area contributed by atoms with Gasteiger partial charge in [0.15, 0.2) is 6.10 Å². The van der Waals surface area contributed by atoms with Gasteiger partial charge in [0, 0.05) is 36.7 Å². The number of ether oxygens (including phenoxy) is 1. The molecule has 0 radical (unpaired) electrons. The number of anilines is 2. The summed E-state index contributed by atoms with van der Waals surface area (Å²) in [4.78, 5) is 62.0. The van der Waals surface area contributed by atoms with Gasteiger partial charge in [-0.3, -0.25) is 29.3 Å². The predicted molar refractivity (Wildman–Crippen MR) is 132 cm³/mol. The molecule has 0 aliphatic rings. The van der Waals surface area contributed by atoms with Crippen LogP contribution in [-0.2, 0) is 23.9 Å². The molecule has 12 nitrogen and oxygen atoms in total. The Morgan fingerprint density at radius 3 is 2.38 bits per heavy atom. The number of halogens is 1. The van der Waals surface area contributed by atoms with E-state index in [9.17, 15) is 34.4 Å². The van der Waals surface area contributed by atoms with Crippen LogP contribution in [0.25, 0.3) is 0 Å². The largest absolute Gasteiger partial charge is 0.481 e. The number of carbonyl (C=O) groups is 4. The highest BCUT2D eigenvalue weighted by Gasteiger charge is 2.41. The summed E-state index contributed by atoms with van der Waals surface area (Å²) in [5.74, 6) is -6.16. The molecule has 0 aliphatic heterocycles. The van der Waals surface area contributed by atoms with Crippen LogP contribution in [0.4, 0.5) is 17.1 Å². The quantitative estimate of drug-likeness (QED) is 0.191. The third-order valence-corrected chi connectivity index (χ3v) is 5.35. The van der Waals surface area contributed by atoms with E-state index in [4.69, 9.17) is 21.6 Å². The van der Waals surface area contributed by atoms with Gasteiger partial charge in [0.25, 0.3) is 11.6 Å². The fourth-order valence-electron chi connectivity index (χ4n) is 3.46. The number of nitro groups is 1. The zero-order chi connectivity index (χ0) is 27.7. The summed E-state index contributed by atoms with van der Waals surface area (Å²) in [6.07, 6.45) is -2.76. The first-order valence-electron chi connectivity index (χ1n) is 10.8. The van der Waals surface area contributed by atoms with Gasteiger partial charge in [0.1, 0.15) is 0 Å². The number of nitrogens with one attached hydrogen (secondary N) is 1. The SMILES string of the molecule is CC(=O)O[C@@H](C(=O)Nc1ccc(C#N)cc1)[C@@H](CC(=O)O)C(=O)N(CCCl)c1ccc(C)c([N+](=O)[O-])c1. The van der Waals surface area contributed by atoms with Crippen LogP contribution in [-0.4, -0.2) is 52.3 Å². The zero-order valence-corrected chi connectivity index (χ0v) is 20.6. The maximum Gasteiger partial charge on any atom is 0.304 e. The summed E-state index contributed by atoms with van der Waals surface area (Å²) in [5.41, 5.74) is 0.614. The number of amides is 2. The van der Waals surface area contributed by atoms with Crippen LogP contribution < -0.4 is 10.2 Å². The first-order chi connectivity index (χ1) is 17.5. The van der Waals surface area contributed by atoms with Gasteiger partial charge in [-0.25, -0.2) is 0 Å². The van der Waals surface area contributed by atoms with E-state index < -0.39 is 47.1 Å². The number of hydrogen-bond donors (Lipinski definition) is 2. The highest BCUT2D eigenvalue weighted by molar-refractivity contribution is 6.18. The minimum Gasteiger partial charge on any atom is -0.481 e. The van der Waals surface area contributed by atoms with E-state index in [0.29, 0.717) is 11.1 Å². The number of rotatable bonds is 11. The van der Waals surface area contributed by atoms with E-state index in [1.54, 1.807) is 0 Å². The number of hydrogen-bond acceptors (Lipinski definition) is 8. The Hall–Kier alpha value is -4.50. The number of aryl methyl sites for hydroxylation is 1. The highest BCUT2D eigenvalue weighted by Crippen LogP contribution is 2.28. The fourth-order valence-corrected chi connectivity index (χ4v) is 3.63. The number of carboxylic acid groups (broad SMARTS) is 1. The standard InChI is InChI=1S/C24H23ClN4O8/c1-14-3-8-18(11-20(14)29(35)36)28(10-9-25)24(34)19(12-21(31)32)22(37-15(2)30)23(33)27-17-6-4-16(13-26)5-7-17/h3-8,11,19,22H,9-10,12H2,1-2H3,(H,27,33)(H,31,32)/t19-,22-/m1/s1. The predicted octanol–water partition coefficient (Wildman–Crippen LogP) is 3.01. The molecule has 0 bridgehead atoms. The molecular formula is C24H23ClN4O8. The van der Waals surface area contributed by atoms with Gasteiger partial charge in [-0.05, 0) is 37.3 Å². The zero-order valence-electron chi connectivity index (χ0n) is 19.8. The van der Waals surface area contributed by atoms with Crippen LogP contribution in [0.1, 0.15) is 24.5 Å². The Kier molecular flexibility index (Phi) is 10.1. The van der Waals surface area contributed by atoms with Gasteiger partial charge in [-0.2, -0.15) is 5.26 Å². The second-order valence-corrected chi connectivity index (χ2v) is 8.20. The number of benzene rings is 2. The van der Waals surface area contributed by atoms with Gasteiger partial charge >= 0.3 is 11.9 Å². The summed E-state index contributed by atoms with van der Waals surface area (Å²) in [6.45, 7) is 2.32. The number of nitro benzene ring substituents is 1. The molecule has 13 heteroatoms.